The van der Waals surface area contributed by atoms with Crippen LogP contribution in [0.2, 0.25) is 0 Å². The van der Waals surface area contributed by atoms with E-state index in [1.807, 2.05) is 13.0 Å². The minimum Gasteiger partial charge on any atom is -0.493 e. The molecular weight excluding hydrogens is 418 g/mol. The average Bonchev–Trinajstić information content (AvgIpc) is 2.75. The predicted molar refractivity (Wildman–Crippen MR) is 117 cm³/mol. The van der Waals surface area contributed by atoms with E-state index in [4.69, 9.17) is 0 Å². The number of nitriles is 1. The molecule has 1 aromatic heterocycles. The first-order valence-corrected chi connectivity index (χ1v) is 11.5. The fraction of sp³-hybridized carbons (Fsp3) is 0.429. The first-order valence-electron chi connectivity index (χ1n) is 10.1. The first kappa shape index (κ1) is 24.2. The number of aromatic hydroxyl groups is 1. The monoisotopic (exact) mass is 445 g/mol. The summed E-state index contributed by atoms with van der Waals surface area (Å²) < 4.78 is 27.6. The Labute approximate surface area is 182 Å². The van der Waals surface area contributed by atoms with Crippen LogP contribution >= 0.6 is 0 Å². The molecule has 0 aliphatic rings. The van der Waals surface area contributed by atoms with Crippen LogP contribution in [-0.4, -0.2) is 35.5 Å². The Balaban J connectivity index is 2.44. The second-order valence-electron chi connectivity index (χ2n) is 6.88. The van der Waals surface area contributed by atoms with Crippen LogP contribution in [-0.2, 0) is 16.6 Å². The highest BCUT2D eigenvalue weighted by molar-refractivity contribution is 7.89. The number of nitrogens with zero attached hydrogens (tertiary/aromatic N) is 5. The van der Waals surface area contributed by atoms with E-state index in [9.17, 15) is 23.6 Å². The van der Waals surface area contributed by atoms with Gasteiger partial charge in [0.2, 0.25) is 15.9 Å². The summed E-state index contributed by atoms with van der Waals surface area (Å²) in [5, 5.41) is 27.7. The van der Waals surface area contributed by atoms with Crippen molar-refractivity contribution in [3.05, 3.63) is 45.7 Å². The lowest BCUT2D eigenvalue weighted by Gasteiger charge is -2.18. The van der Waals surface area contributed by atoms with Gasteiger partial charge in [-0.15, -0.1) is 5.11 Å². The van der Waals surface area contributed by atoms with Crippen LogP contribution in [0.5, 0.6) is 5.88 Å². The SMILES string of the molecule is CCCCn1c(O)c(C#N)c(C)c(N=Nc2ccc(S(=O)(=O)N(CC)CC)cc2)c1=O. The van der Waals surface area contributed by atoms with Gasteiger partial charge in [-0.3, -0.25) is 9.36 Å². The smallest absolute Gasteiger partial charge is 0.281 e. The molecule has 0 fully saturated rings. The Morgan fingerprint density at radius 3 is 2.26 bits per heavy atom. The summed E-state index contributed by atoms with van der Waals surface area (Å²) in [4.78, 5) is 12.9. The Morgan fingerprint density at radius 1 is 1.13 bits per heavy atom. The second kappa shape index (κ2) is 10.3. The molecule has 9 nitrogen and oxygen atoms in total. The van der Waals surface area contributed by atoms with Crippen LogP contribution in [0.25, 0.3) is 0 Å². The van der Waals surface area contributed by atoms with E-state index in [1.54, 1.807) is 13.8 Å². The van der Waals surface area contributed by atoms with Gasteiger partial charge < -0.3 is 5.11 Å². The van der Waals surface area contributed by atoms with Gasteiger partial charge in [0, 0.05) is 25.2 Å². The van der Waals surface area contributed by atoms with Crippen LogP contribution in [0.4, 0.5) is 11.4 Å². The van der Waals surface area contributed by atoms with Gasteiger partial charge in [0.15, 0.2) is 5.69 Å². The maximum Gasteiger partial charge on any atom is 0.281 e. The summed E-state index contributed by atoms with van der Waals surface area (Å²) in [7, 11) is -3.58. The largest absolute Gasteiger partial charge is 0.493 e. The Kier molecular flexibility index (Phi) is 8.08. The molecule has 0 saturated carbocycles. The molecule has 31 heavy (non-hydrogen) atoms. The molecule has 0 bridgehead atoms. The number of aromatic nitrogens is 1. The van der Waals surface area contributed by atoms with Crippen LogP contribution in [0.15, 0.2) is 44.2 Å². The van der Waals surface area contributed by atoms with Crippen molar-refractivity contribution in [3.8, 4) is 11.9 Å². The fourth-order valence-electron chi connectivity index (χ4n) is 3.09. The molecule has 0 atom stereocenters. The number of hydrogen-bond acceptors (Lipinski definition) is 7. The molecule has 2 aromatic rings. The molecule has 1 aromatic carbocycles. The predicted octanol–water partition coefficient (Wildman–Crippen LogP) is 3.98. The average molecular weight is 446 g/mol. The summed E-state index contributed by atoms with van der Waals surface area (Å²) >= 11 is 0. The van der Waals surface area contributed by atoms with Crippen molar-refractivity contribution in [3.63, 3.8) is 0 Å². The van der Waals surface area contributed by atoms with Gasteiger partial charge in [-0.05, 0) is 37.6 Å². The maximum atomic E-state index is 12.8. The molecule has 0 radical (unpaired) electrons. The van der Waals surface area contributed by atoms with Crippen molar-refractivity contribution in [2.24, 2.45) is 10.2 Å². The van der Waals surface area contributed by atoms with Crippen molar-refractivity contribution >= 4 is 21.4 Å². The quantitative estimate of drug-likeness (QED) is 0.584. The Morgan fingerprint density at radius 2 is 1.74 bits per heavy atom. The van der Waals surface area contributed by atoms with E-state index in [2.05, 4.69) is 10.2 Å². The van der Waals surface area contributed by atoms with E-state index in [-0.39, 0.29) is 34.1 Å². The molecule has 0 unspecified atom stereocenters. The highest BCUT2D eigenvalue weighted by atomic mass is 32.2. The number of rotatable bonds is 9. The first-order chi connectivity index (χ1) is 14.7. The zero-order valence-electron chi connectivity index (χ0n) is 18.2. The van der Waals surface area contributed by atoms with E-state index >= 15 is 0 Å². The minimum atomic E-state index is -3.58. The molecule has 2 rings (SSSR count). The lowest BCUT2D eigenvalue weighted by molar-refractivity contribution is 0.399. The van der Waals surface area contributed by atoms with Crippen molar-refractivity contribution in [1.29, 1.82) is 5.26 Å². The van der Waals surface area contributed by atoms with Crippen LogP contribution in [0.1, 0.15) is 44.7 Å². The topological polar surface area (TPSA) is 128 Å². The molecule has 1 N–H and O–H groups in total. The van der Waals surface area contributed by atoms with E-state index in [1.165, 1.54) is 35.5 Å². The fourth-order valence-corrected chi connectivity index (χ4v) is 4.54. The molecule has 0 spiro atoms. The van der Waals surface area contributed by atoms with Crippen LogP contribution < -0.4 is 5.56 Å². The lowest BCUT2D eigenvalue weighted by Crippen LogP contribution is -2.30. The summed E-state index contributed by atoms with van der Waals surface area (Å²) in [5.74, 6) is -0.372. The van der Waals surface area contributed by atoms with Gasteiger partial charge in [0.25, 0.3) is 5.56 Å². The van der Waals surface area contributed by atoms with E-state index in [0.717, 1.165) is 11.0 Å². The molecule has 166 valence electrons. The number of sulfonamides is 1. The van der Waals surface area contributed by atoms with Gasteiger partial charge in [-0.25, -0.2) is 8.42 Å². The van der Waals surface area contributed by atoms with Crippen molar-refractivity contribution in [2.75, 3.05) is 13.1 Å². The van der Waals surface area contributed by atoms with Gasteiger partial charge in [-0.2, -0.15) is 14.7 Å². The van der Waals surface area contributed by atoms with E-state index < -0.39 is 15.6 Å². The van der Waals surface area contributed by atoms with Crippen molar-refractivity contribution < 1.29 is 13.5 Å². The van der Waals surface area contributed by atoms with Crippen molar-refractivity contribution in [2.45, 2.75) is 52.0 Å². The number of benzene rings is 1. The Bertz CT molecular complexity index is 1160. The standard InChI is InChI=1S/C21H27N5O4S/c1-5-8-13-26-20(27)18(14-22)15(4)19(21(26)28)24-23-16-9-11-17(12-10-16)31(29,30)25(6-2)7-3/h9-12,27H,5-8,13H2,1-4H3. The molecule has 10 heteroatoms. The molecule has 0 amide bonds. The summed E-state index contributed by atoms with van der Waals surface area (Å²) in [6.07, 6.45) is 1.46. The lowest BCUT2D eigenvalue weighted by atomic mass is 10.1. The van der Waals surface area contributed by atoms with E-state index in [0.29, 0.717) is 25.2 Å². The van der Waals surface area contributed by atoms with Gasteiger partial charge in [-0.1, -0.05) is 27.2 Å². The third-order valence-electron chi connectivity index (χ3n) is 4.95. The summed E-state index contributed by atoms with van der Waals surface area (Å²) in [5.41, 5.74) is -0.00578. The summed E-state index contributed by atoms with van der Waals surface area (Å²) in [6, 6.07) is 7.77. The molecule has 1 heterocycles. The second-order valence-corrected chi connectivity index (χ2v) is 8.82. The maximum absolute atomic E-state index is 12.8. The highest BCUT2D eigenvalue weighted by Crippen LogP contribution is 2.27. The minimum absolute atomic E-state index is 0.0229. The number of hydrogen-bond donors (Lipinski definition) is 1. The van der Waals surface area contributed by atoms with Gasteiger partial charge in [0.1, 0.15) is 11.6 Å². The molecule has 0 aliphatic carbocycles. The van der Waals surface area contributed by atoms with Crippen molar-refractivity contribution in [1.82, 2.24) is 8.87 Å². The van der Waals surface area contributed by atoms with Gasteiger partial charge in [0.05, 0.1) is 10.6 Å². The van der Waals surface area contributed by atoms with Crippen LogP contribution in [0.3, 0.4) is 0 Å². The number of pyridine rings is 1. The third kappa shape index (κ3) is 5.00. The zero-order valence-corrected chi connectivity index (χ0v) is 19.0. The Hall–Kier alpha value is -3.03. The normalized spacial score (nSPS) is 11.9. The molecule has 0 saturated heterocycles. The molecule has 0 aliphatic heterocycles. The third-order valence-corrected chi connectivity index (χ3v) is 7.01. The molecular formula is C21H27N5O4S. The number of unbranched alkanes of at least 4 members (excludes halogenated alkanes) is 1. The van der Waals surface area contributed by atoms with Crippen LogP contribution in [0, 0.1) is 18.3 Å². The number of azo groups is 1. The van der Waals surface area contributed by atoms with Gasteiger partial charge >= 0.3 is 0 Å². The highest BCUT2D eigenvalue weighted by Gasteiger charge is 2.21. The zero-order chi connectivity index (χ0) is 23.2. The summed E-state index contributed by atoms with van der Waals surface area (Å²) in [6.45, 7) is 8.01.